The number of benzene rings is 4. The highest BCUT2D eigenvalue weighted by atomic mass is 35.5. The number of aryl methyl sites for hydroxylation is 1. The molecule has 4 aromatic carbocycles. The molecule has 0 radical (unpaired) electrons. The molecule has 0 aliphatic rings. The molecule has 0 spiro atoms. The predicted octanol–water partition coefficient (Wildman–Crippen LogP) is 7.48. The molecule has 0 unspecified atom stereocenters. The summed E-state index contributed by atoms with van der Waals surface area (Å²) in [7, 11) is 0. The summed E-state index contributed by atoms with van der Waals surface area (Å²) in [5.74, 6) is 0.0528. The second-order valence-electron chi connectivity index (χ2n) is 8.71. The number of aromatic nitrogens is 1. The number of fused-ring (bicyclic) bond motifs is 2. The summed E-state index contributed by atoms with van der Waals surface area (Å²) < 4.78 is 11.3. The minimum Gasteiger partial charge on any atom is -0.436 e. The number of nitrogens with one attached hydrogen (secondary N) is 1. The first-order valence-electron chi connectivity index (χ1n) is 11.6. The van der Waals surface area contributed by atoms with Gasteiger partial charge >= 0.3 is 5.63 Å². The van der Waals surface area contributed by atoms with Gasteiger partial charge in [0.05, 0.1) is 16.3 Å². The van der Waals surface area contributed by atoms with E-state index in [0.717, 1.165) is 16.5 Å². The van der Waals surface area contributed by atoms with Crippen molar-refractivity contribution in [3.8, 4) is 22.6 Å². The van der Waals surface area contributed by atoms with Crippen LogP contribution >= 0.6 is 11.6 Å². The maximum atomic E-state index is 13.2. The van der Waals surface area contributed by atoms with Gasteiger partial charge in [0.25, 0.3) is 5.91 Å². The third-order valence-electron chi connectivity index (χ3n) is 6.08. The largest absolute Gasteiger partial charge is 0.436 e. The van der Waals surface area contributed by atoms with Gasteiger partial charge in [-0.2, -0.15) is 0 Å². The average molecular weight is 507 g/mol. The fourth-order valence-corrected chi connectivity index (χ4v) is 4.37. The number of carbonyl (C=O) groups excluding carboxylic acids is 1. The smallest absolute Gasteiger partial charge is 0.344 e. The Bertz CT molecular complexity index is 1890. The lowest BCUT2D eigenvalue weighted by atomic mass is 10.0. The molecule has 7 heteroatoms. The zero-order valence-corrected chi connectivity index (χ0v) is 20.4. The van der Waals surface area contributed by atoms with Gasteiger partial charge in [-0.3, -0.25) is 4.79 Å². The molecule has 6 rings (SSSR count). The Morgan fingerprint density at radius 1 is 0.838 bits per heavy atom. The first kappa shape index (κ1) is 22.8. The molecule has 37 heavy (non-hydrogen) atoms. The molecule has 0 saturated heterocycles. The van der Waals surface area contributed by atoms with Crippen LogP contribution in [0.2, 0.25) is 5.02 Å². The number of rotatable bonds is 4. The van der Waals surface area contributed by atoms with E-state index in [-0.39, 0.29) is 5.91 Å². The molecule has 0 bridgehead atoms. The lowest BCUT2D eigenvalue weighted by molar-refractivity contribution is 0.102. The number of anilines is 1. The second-order valence-corrected chi connectivity index (χ2v) is 9.11. The van der Waals surface area contributed by atoms with E-state index in [4.69, 9.17) is 20.4 Å². The molecule has 0 aliphatic carbocycles. The molecule has 0 atom stereocenters. The minimum absolute atomic E-state index is 0.365. The SMILES string of the molecule is Cc1ccc2oc(-c3ccc(Cl)c(NC(=O)c4cccc(-c5cc6ccccc6oc5=O)c4)c3)nc2c1. The first-order valence-corrected chi connectivity index (χ1v) is 11.9. The lowest BCUT2D eigenvalue weighted by Crippen LogP contribution is -2.12. The third-order valence-corrected chi connectivity index (χ3v) is 6.41. The molecule has 180 valence electrons. The van der Waals surface area contributed by atoms with E-state index in [0.29, 0.717) is 50.0 Å². The van der Waals surface area contributed by atoms with Crippen LogP contribution in [0.15, 0.2) is 105 Å². The van der Waals surface area contributed by atoms with E-state index in [1.54, 1.807) is 60.7 Å². The van der Waals surface area contributed by atoms with Crippen molar-refractivity contribution >= 4 is 45.3 Å². The number of nitrogens with zero attached hydrogens (tertiary/aromatic N) is 1. The summed E-state index contributed by atoms with van der Waals surface area (Å²) in [6.07, 6.45) is 0. The predicted molar refractivity (Wildman–Crippen MR) is 145 cm³/mol. The van der Waals surface area contributed by atoms with Crippen LogP contribution in [-0.4, -0.2) is 10.9 Å². The van der Waals surface area contributed by atoms with Crippen LogP contribution in [0.3, 0.4) is 0 Å². The van der Waals surface area contributed by atoms with Crippen LogP contribution in [0.5, 0.6) is 0 Å². The zero-order chi connectivity index (χ0) is 25.5. The van der Waals surface area contributed by atoms with Gasteiger partial charge < -0.3 is 14.2 Å². The minimum atomic E-state index is -0.472. The maximum Gasteiger partial charge on any atom is 0.344 e. The highest BCUT2D eigenvalue weighted by Gasteiger charge is 2.15. The number of halogens is 1. The summed E-state index contributed by atoms with van der Waals surface area (Å²) >= 11 is 6.40. The summed E-state index contributed by atoms with van der Waals surface area (Å²) in [6.45, 7) is 1.99. The highest BCUT2D eigenvalue weighted by molar-refractivity contribution is 6.34. The Labute approximate surface area is 216 Å². The number of amides is 1. The van der Waals surface area contributed by atoms with Crippen molar-refractivity contribution in [1.29, 1.82) is 0 Å². The van der Waals surface area contributed by atoms with Crippen molar-refractivity contribution in [2.24, 2.45) is 0 Å². The molecule has 2 heterocycles. The van der Waals surface area contributed by atoms with Crippen molar-refractivity contribution in [1.82, 2.24) is 4.98 Å². The van der Waals surface area contributed by atoms with E-state index in [9.17, 15) is 9.59 Å². The van der Waals surface area contributed by atoms with Crippen molar-refractivity contribution < 1.29 is 13.6 Å². The highest BCUT2D eigenvalue weighted by Crippen LogP contribution is 2.31. The van der Waals surface area contributed by atoms with Gasteiger partial charge in [0.2, 0.25) is 5.89 Å². The van der Waals surface area contributed by atoms with Crippen molar-refractivity contribution in [2.75, 3.05) is 5.32 Å². The van der Waals surface area contributed by atoms with Gasteiger partial charge in [-0.15, -0.1) is 0 Å². The summed E-state index contributed by atoms with van der Waals surface area (Å²) in [5.41, 5.74) is 4.96. The Balaban J connectivity index is 1.31. The van der Waals surface area contributed by atoms with Crippen molar-refractivity contribution in [3.05, 3.63) is 118 Å². The van der Waals surface area contributed by atoms with Crippen LogP contribution in [0.4, 0.5) is 5.69 Å². The summed E-state index contributed by atoms with van der Waals surface area (Å²) in [5, 5.41) is 4.03. The van der Waals surface area contributed by atoms with E-state index in [2.05, 4.69) is 10.3 Å². The van der Waals surface area contributed by atoms with Crippen LogP contribution in [0.1, 0.15) is 15.9 Å². The van der Waals surface area contributed by atoms with Gasteiger partial charge in [0, 0.05) is 16.5 Å². The molecular formula is C30H19ClN2O4. The van der Waals surface area contributed by atoms with Gasteiger partial charge in [-0.25, -0.2) is 9.78 Å². The van der Waals surface area contributed by atoms with Crippen LogP contribution in [-0.2, 0) is 0 Å². The molecule has 0 saturated carbocycles. The number of hydrogen-bond donors (Lipinski definition) is 1. The third kappa shape index (κ3) is 4.39. The molecule has 2 aromatic heterocycles. The first-order chi connectivity index (χ1) is 17.9. The Morgan fingerprint density at radius 2 is 1.70 bits per heavy atom. The summed E-state index contributed by atoms with van der Waals surface area (Å²) in [6, 6.07) is 26.8. The van der Waals surface area contributed by atoms with Crippen LogP contribution in [0, 0.1) is 6.92 Å². The average Bonchev–Trinajstić information content (AvgIpc) is 3.33. The van der Waals surface area contributed by atoms with Gasteiger partial charge in [0.15, 0.2) is 5.58 Å². The Morgan fingerprint density at radius 3 is 2.59 bits per heavy atom. The molecule has 1 N–H and O–H groups in total. The topological polar surface area (TPSA) is 85.3 Å². The number of para-hydroxylation sites is 1. The Kier molecular flexibility index (Phi) is 5.58. The molecule has 6 aromatic rings. The normalized spacial score (nSPS) is 11.2. The van der Waals surface area contributed by atoms with Gasteiger partial charge in [0.1, 0.15) is 11.1 Å². The van der Waals surface area contributed by atoms with E-state index in [1.165, 1.54) is 0 Å². The van der Waals surface area contributed by atoms with E-state index >= 15 is 0 Å². The van der Waals surface area contributed by atoms with Crippen molar-refractivity contribution in [2.45, 2.75) is 6.92 Å². The Hall–Kier alpha value is -4.68. The summed E-state index contributed by atoms with van der Waals surface area (Å²) in [4.78, 5) is 30.3. The molecule has 1 amide bonds. The molecular weight excluding hydrogens is 488 g/mol. The maximum absolute atomic E-state index is 13.2. The van der Waals surface area contributed by atoms with Crippen molar-refractivity contribution in [3.63, 3.8) is 0 Å². The van der Waals surface area contributed by atoms with E-state index in [1.807, 2.05) is 37.3 Å². The fourth-order valence-electron chi connectivity index (χ4n) is 4.20. The number of carbonyl (C=O) groups is 1. The van der Waals surface area contributed by atoms with Gasteiger partial charge in [-0.1, -0.05) is 48.0 Å². The quantitative estimate of drug-likeness (QED) is 0.250. The lowest BCUT2D eigenvalue weighted by Gasteiger charge is -2.10. The van der Waals surface area contributed by atoms with Crippen LogP contribution < -0.4 is 10.9 Å². The molecule has 0 aliphatic heterocycles. The van der Waals surface area contributed by atoms with Crippen LogP contribution in [0.25, 0.3) is 44.7 Å². The monoisotopic (exact) mass is 506 g/mol. The standard InChI is InChI=1S/C30H19ClN2O4/c1-17-9-12-27-25(13-17)33-29(36-27)21-10-11-23(31)24(16-21)32-28(34)20-7-4-6-18(14-20)22-15-19-5-2-3-8-26(19)37-30(22)35/h2-16H,1H3,(H,32,34). The second kappa shape index (κ2) is 9.08. The number of hydrogen-bond acceptors (Lipinski definition) is 5. The van der Waals surface area contributed by atoms with Gasteiger partial charge in [-0.05, 0) is 72.6 Å². The zero-order valence-electron chi connectivity index (χ0n) is 19.6. The molecule has 0 fully saturated rings. The van der Waals surface area contributed by atoms with E-state index < -0.39 is 5.63 Å². The molecule has 6 nitrogen and oxygen atoms in total. The fraction of sp³-hybridized carbons (Fsp3) is 0.0333. The number of oxazole rings is 1.